The number of amides is 1. The smallest absolute Gasteiger partial charge is 0.223 e. The second kappa shape index (κ2) is 7.44. The van der Waals surface area contributed by atoms with Gasteiger partial charge in [0.25, 0.3) is 0 Å². The Kier molecular flexibility index (Phi) is 5.60. The number of benzene rings is 1. The van der Waals surface area contributed by atoms with Crippen LogP contribution in [-0.2, 0) is 11.2 Å². The summed E-state index contributed by atoms with van der Waals surface area (Å²) in [6.45, 7) is 5.93. The summed E-state index contributed by atoms with van der Waals surface area (Å²) in [7, 11) is 0. The Bertz CT molecular complexity index is 440. The van der Waals surface area contributed by atoms with E-state index in [1.165, 1.54) is 11.1 Å². The van der Waals surface area contributed by atoms with E-state index in [2.05, 4.69) is 48.7 Å². The molecular weight excluding hydrogens is 248 g/mol. The van der Waals surface area contributed by atoms with E-state index < -0.39 is 0 Å². The average molecular weight is 274 g/mol. The Labute approximate surface area is 122 Å². The van der Waals surface area contributed by atoms with E-state index >= 15 is 0 Å². The summed E-state index contributed by atoms with van der Waals surface area (Å²) in [5.74, 6) is 0.549. The van der Waals surface area contributed by atoms with Crippen molar-refractivity contribution in [3.63, 3.8) is 0 Å². The molecule has 0 heterocycles. The van der Waals surface area contributed by atoms with Crippen LogP contribution in [0.3, 0.4) is 0 Å². The summed E-state index contributed by atoms with van der Waals surface area (Å²) in [5.41, 5.74) is 2.73. The number of hydrogen-bond acceptors (Lipinski definition) is 2. The molecule has 1 aliphatic rings. The maximum absolute atomic E-state index is 11.5. The third-order valence-corrected chi connectivity index (χ3v) is 3.81. The van der Waals surface area contributed by atoms with Gasteiger partial charge in [0.05, 0.1) is 0 Å². The van der Waals surface area contributed by atoms with Crippen molar-refractivity contribution in [3.05, 3.63) is 35.4 Å². The summed E-state index contributed by atoms with van der Waals surface area (Å²) >= 11 is 0. The first kappa shape index (κ1) is 15.0. The van der Waals surface area contributed by atoms with Gasteiger partial charge in [0.15, 0.2) is 0 Å². The van der Waals surface area contributed by atoms with Crippen molar-refractivity contribution in [2.45, 2.75) is 45.6 Å². The minimum atomic E-state index is 0.235. The summed E-state index contributed by atoms with van der Waals surface area (Å²) in [4.78, 5) is 11.5. The van der Waals surface area contributed by atoms with Crippen LogP contribution in [0.15, 0.2) is 24.3 Å². The molecule has 1 aliphatic carbocycles. The molecule has 1 unspecified atom stereocenters. The highest BCUT2D eigenvalue weighted by molar-refractivity contribution is 5.80. The number of hydrogen-bond donors (Lipinski definition) is 2. The lowest BCUT2D eigenvalue weighted by atomic mass is 10.0. The molecule has 0 spiro atoms. The van der Waals surface area contributed by atoms with Crippen LogP contribution in [0.2, 0.25) is 0 Å². The van der Waals surface area contributed by atoms with Crippen LogP contribution in [0.25, 0.3) is 0 Å². The fourth-order valence-electron chi connectivity index (χ4n) is 2.35. The van der Waals surface area contributed by atoms with Crippen LogP contribution >= 0.6 is 0 Å². The summed E-state index contributed by atoms with van der Waals surface area (Å²) < 4.78 is 0. The number of aryl methyl sites for hydroxylation is 2. The molecule has 0 saturated heterocycles. The van der Waals surface area contributed by atoms with Crippen LogP contribution in [0.1, 0.15) is 37.3 Å². The van der Waals surface area contributed by atoms with E-state index in [1.807, 2.05) is 0 Å². The largest absolute Gasteiger partial charge is 0.355 e. The molecule has 1 atom stereocenters. The lowest BCUT2D eigenvalue weighted by Crippen LogP contribution is -2.36. The molecule has 0 bridgehead atoms. The van der Waals surface area contributed by atoms with E-state index in [4.69, 9.17) is 0 Å². The van der Waals surface area contributed by atoms with Crippen molar-refractivity contribution in [2.24, 2.45) is 5.92 Å². The summed E-state index contributed by atoms with van der Waals surface area (Å²) in [6, 6.07) is 9.18. The first-order valence-corrected chi connectivity index (χ1v) is 7.72. The van der Waals surface area contributed by atoms with Crippen molar-refractivity contribution >= 4 is 5.91 Å². The molecule has 0 aromatic heterocycles. The molecule has 20 heavy (non-hydrogen) atoms. The van der Waals surface area contributed by atoms with Gasteiger partial charge in [0, 0.05) is 25.0 Å². The molecule has 3 nitrogen and oxygen atoms in total. The molecule has 1 amide bonds. The van der Waals surface area contributed by atoms with Crippen molar-refractivity contribution in [1.82, 2.24) is 10.6 Å². The number of nitrogens with one attached hydrogen (secondary N) is 2. The van der Waals surface area contributed by atoms with Crippen molar-refractivity contribution in [1.29, 1.82) is 0 Å². The predicted molar refractivity (Wildman–Crippen MR) is 82.7 cm³/mol. The van der Waals surface area contributed by atoms with Crippen LogP contribution in [-0.4, -0.2) is 25.0 Å². The van der Waals surface area contributed by atoms with Gasteiger partial charge in [0.2, 0.25) is 5.91 Å². The molecule has 3 heteroatoms. The van der Waals surface area contributed by atoms with Crippen LogP contribution in [0.5, 0.6) is 0 Å². The fraction of sp³-hybridized carbons (Fsp3) is 0.588. The lowest BCUT2D eigenvalue weighted by Gasteiger charge is -2.14. The molecule has 110 valence electrons. The van der Waals surface area contributed by atoms with Gasteiger partial charge < -0.3 is 10.6 Å². The molecule has 1 fully saturated rings. The zero-order valence-electron chi connectivity index (χ0n) is 12.6. The van der Waals surface area contributed by atoms with Crippen molar-refractivity contribution in [2.75, 3.05) is 13.1 Å². The monoisotopic (exact) mass is 274 g/mol. The van der Waals surface area contributed by atoms with Crippen LogP contribution in [0.4, 0.5) is 0 Å². The molecule has 2 N–H and O–H groups in total. The highest BCUT2D eigenvalue weighted by Crippen LogP contribution is 2.28. The molecule has 0 radical (unpaired) electrons. The van der Waals surface area contributed by atoms with Gasteiger partial charge in [-0.15, -0.1) is 0 Å². The minimum absolute atomic E-state index is 0.235. The van der Waals surface area contributed by atoms with Gasteiger partial charge in [-0.3, -0.25) is 4.79 Å². The Morgan fingerprint density at radius 2 is 2.15 bits per heavy atom. The maximum Gasteiger partial charge on any atom is 0.223 e. The zero-order valence-corrected chi connectivity index (χ0v) is 12.6. The lowest BCUT2D eigenvalue weighted by molar-refractivity contribution is -0.122. The van der Waals surface area contributed by atoms with Crippen LogP contribution in [0, 0.1) is 12.8 Å². The van der Waals surface area contributed by atoms with E-state index in [1.54, 1.807) is 0 Å². The third kappa shape index (κ3) is 5.33. The normalized spacial score (nSPS) is 15.9. The fourth-order valence-corrected chi connectivity index (χ4v) is 2.35. The van der Waals surface area contributed by atoms with Gasteiger partial charge >= 0.3 is 0 Å². The average Bonchev–Trinajstić information content (AvgIpc) is 3.26. The van der Waals surface area contributed by atoms with Crippen molar-refractivity contribution < 1.29 is 4.79 Å². The molecule has 0 aliphatic heterocycles. The Balaban J connectivity index is 1.55. The maximum atomic E-state index is 11.5. The second-order valence-corrected chi connectivity index (χ2v) is 5.95. The minimum Gasteiger partial charge on any atom is -0.355 e. The zero-order chi connectivity index (χ0) is 14.4. The van der Waals surface area contributed by atoms with Gasteiger partial charge in [-0.25, -0.2) is 0 Å². The van der Waals surface area contributed by atoms with Gasteiger partial charge in [0.1, 0.15) is 0 Å². The first-order chi connectivity index (χ1) is 9.65. The Morgan fingerprint density at radius 3 is 2.85 bits per heavy atom. The van der Waals surface area contributed by atoms with E-state index in [0.717, 1.165) is 38.8 Å². The van der Waals surface area contributed by atoms with Gasteiger partial charge in [-0.05, 0) is 45.1 Å². The Morgan fingerprint density at radius 1 is 1.35 bits per heavy atom. The van der Waals surface area contributed by atoms with E-state index in [9.17, 15) is 4.79 Å². The predicted octanol–water partition coefficient (Wildman–Crippen LogP) is 2.43. The Hall–Kier alpha value is -1.35. The number of carbonyl (C=O) groups is 1. The quantitative estimate of drug-likeness (QED) is 0.715. The van der Waals surface area contributed by atoms with E-state index in [0.29, 0.717) is 12.0 Å². The van der Waals surface area contributed by atoms with Gasteiger partial charge in [-0.2, -0.15) is 0 Å². The third-order valence-electron chi connectivity index (χ3n) is 3.81. The van der Waals surface area contributed by atoms with Gasteiger partial charge in [-0.1, -0.05) is 29.8 Å². The molecule has 1 aromatic rings. The van der Waals surface area contributed by atoms with Crippen molar-refractivity contribution in [3.8, 4) is 0 Å². The number of carbonyl (C=O) groups excluding carboxylic acids is 1. The topological polar surface area (TPSA) is 41.1 Å². The first-order valence-electron chi connectivity index (χ1n) is 7.72. The number of rotatable bonds is 8. The van der Waals surface area contributed by atoms with E-state index in [-0.39, 0.29) is 5.91 Å². The SMILES string of the molecule is Cc1cccc(CCC(C)NCCNC(=O)C2CC2)c1. The molecule has 1 aromatic carbocycles. The molecule has 1 saturated carbocycles. The summed E-state index contributed by atoms with van der Waals surface area (Å²) in [6.07, 6.45) is 4.38. The van der Waals surface area contributed by atoms with Crippen LogP contribution < -0.4 is 10.6 Å². The standard InChI is InChI=1S/C17H26N2O/c1-13-4-3-5-15(12-13)7-6-14(2)18-10-11-19-17(20)16-8-9-16/h3-5,12,14,16,18H,6-11H2,1-2H3,(H,19,20). The molecular formula is C17H26N2O. The highest BCUT2D eigenvalue weighted by atomic mass is 16.2. The second-order valence-electron chi connectivity index (χ2n) is 5.95. The molecule has 2 rings (SSSR count). The highest BCUT2D eigenvalue weighted by Gasteiger charge is 2.28. The summed E-state index contributed by atoms with van der Waals surface area (Å²) in [5, 5.41) is 6.45.